The minimum Gasteiger partial charge on any atom is -0.398 e. The van der Waals surface area contributed by atoms with Gasteiger partial charge in [-0.3, -0.25) is 4.79 Å². The standard InChI is InChI=1S/C9H12N2O3S/c1-2-15(13,14)11-9(12)7-5-3-4-6-8(7)10/h3-6H,2,10H2,1H3,(H,11,12). The van der Waals surface area contributed by atoms with Crippen LogP contribution in [0.1, 0.15) is 17.3 Å². The first-order valence-corrected chi connectivity index (χ1v) is 6.01. The number of hydrogen-bond donors (Lipinski definition) is 2. The lowest BCUT2D eigenvalue weighted by Crippen LogP contribution is -2.32. The highest BCUT2D eigenvalue weighted by Crippen LogP contribution is 2.10. The Morgan fingerprint density at radius 3 is 2.53 bits per heavy atom. The van der Waals surface area contributed by atoms with Gasteiger partial charge >= 0.3 is 0 Å². The molecule has 0 aliphatic heterocycles. The molecule has 0 atom stereocenters. The highest BCUT2D eigenvalue weighted by Gasteiger charge is 2.15. The predicted octanol–water partition coefficient (Wildman–Crippen LogP) is 0.348. The zero-order chi connectivity index (χ0) is 11.5. The molecular weight excluding hydrogens is 216 g/mol. The highest BCUT2D eigenvalue weighted by atomic mass is 32.2. The monoisotopic (exact) mass is 228 g/mol. The Hall–Kier alpha value is -1.56. The maximum Gasteiger partial charge on any atom is 0.266 e. The molecule has 0 aliphatic carbocycles. The Bertz CT molecular complexity index is 468. The molecule has 1 aromatic carbocycles. The summed E-state index contributed by atoms with van der Waals surface area (Å²) in [6, 6.07) is 6.29. The lowest BCUT2D eigenvalue weighted by molar-refractivity contribution is 0.0982. The van der Waals surface area contributed by atoms with Crippen LogP contribution in [-0.2, 0) is 10.0 Å². The fourth-order valence-corrected chi connectivity index (χ4v) is 1.51. The van der Waals surface area contributed by atoms with Crippen molar-refractivity contribution in [3.8, 4) is 0 Å². The molecular formula is C9H12N2O3S. The summed E-state index contributed by atoms with van der Waals surface area (Å²) in [6.07, 6.45) is 0. The first-order chi connectivity index (χ1) is 6.96. The fraction of sp³-hybridized carbons (Fsp3) is 0.222. The summed E-state index contributed by atoms with van der Waals surface area (Å²) in [5.41, 5.74) is 5.94. The number of anilines is 1. The first kappa shape index (κ1) is 11.5. The molecule has 0 saturated heterocycles. The van der Waals surface area contributed by atoms with E-state index in [9.17, 15) is 13.2 Å². The van der Waals surface area contributed by atoms with Crippen molar-refractivity contribution in [2.24, 2.45) is 0 Å². The normalized spacial score (nSPS) is 11.0. The van der Waals surface area contributed by atoms with Crippen LogP contribution in [0.5, 0.6) is 0 Å². The molecule has 0 fully saturated rings. The topological polar surface area (TPSA) is 89.3 Å². The molecule has 0 heterocycles. The van der Waals surface area contributed by atoms with Gasteiger partial charge in [-0.25, -0.2) is 13.1 Å². The van der Waals surface area contributed by atoms with Gasteiger partial charge in [0.1, 0.15) is 0 Å². The Morgan fingerprint density at radius 2 is 2.00 bits per heavy atom. The largest absolute Gasteiger partial charge is 0.398 e. The number of carbonyl (C=O) groups is 1. The molecule has 0 aromatic heterocycles. The van der Waals surface area contributed by atoms with Crippen LogP contribution in [0.2, 0.25) is 0 Å². The number of para-hydroxylation sites is 1. The summed E-state index contributed by atoms with van der Waals surface area (Å²) < 4.78 is 24.2. The number of carbonyl (C=O) groups excluding carboxylic acids is 1. The van der Waals surface area contributed by atoms with Crippen molar-refractivity contribution in [1.29, 1.82) is 0 Å². The van der Waals surface area contributed by atoms with Crippen molar-refractivity contribution in [2.45, 2.75) is 6.92 Å². The molecule has 0 unspecified atom stereocenters. The Labute approximate surface area is 88.3 Å². The van der Waals surface area contributed by atoms with Gasteiger partial charge in [0.2, 0.25) is 10.0 Å². The Morgan fingerprint density at radius 1 is 1.40 bits per heavy atom. The molecule has 0 saturated carbocycles. The minimum absolute atomic E-state index is 0.147. The van der Waals surface area contributed by atoms with Gasteiger partial charge in [-0.05, 0) is 19.1 Å². The summed E-state index contributed by atoms with van der Waals surface area (Å²) in [5.74, 6) is -0.846. The van der Waals surface area contributed by atoms with Gasteiger partial charge in [-0.2, -0.15) is 0 Å². The van der Waals surface area contributed by atoms with Crippen molar-refractivity contribution in [1.82, 2.24) is 4.72 Å². The molecule has 0 bridgehead atoms. The summed E-state index contributed by atoms with van der Waals surface area (Å²) in [7, 11) is -3.54. The quantitative estimate of drug-likeness (QED) is 0.730. The third kappa shape index (κ3) is 2.95. The van der Waals surface area contributed by atoms with E-state index in [1.54, 1.807) is 12.1 Å². The van der Waals surface area contributed by atoms with Crippen LogP contribution in [0.4, 0.5) is 5.69 Å². The van der Waals surface area contributed by atoms with E-state index in [1.165, 1.54) is 19.1 Å². The van der Waals surface area contributed by atoms with Crippen LogP contribution >= 0.6 is 0 Å². The van der Waals surface area contributed by atoms with E-state index < -0.39 is 15.9 Å². The van der Waals surface area contributed by atoms with Gasteiger partial charge in [0.05, 0.1) is 11.3 Å². The minimum atomic E-state index is -3.54. The number of hydrogen-bond acceptors (Lipinski definition) is 4. The van der Waals surface area contributed by atoms with E-state index in [0.717, 1.165) is 0 Å². The van der Waals surface area contributed by atoms with Crippen molar-refractivity contribution in [3.05, 3.63) is 29.8 Å². The second kappa shape index (κ2) is 4.31. The number of nitrogens with two attached hydrogens (primary N) is 1. The SMILES string of the molecule is CCS(=O)(=O)NC(=O)c1ccccc1N. The average Bonchev–Trinajstić information content (AvgIpc) is 2.17. The van der Waals surface area contributed by atoms with Crippen molar-refractivity contribution >= 4 is 21.6 Å². The zero-order valence-electron chi connectivity index (χ0n) is 8.23. The third-order valence-electron chi connectivity index (χ3n) is 1.83. The van der Waals surface area contributed by atoms with E-state index >= 15 is 0 Å². The maximum atomic E-state index is 11.5. The Kier molecular flexibility index (Phi) is 3.31. The second-order valence-electron chi connectivity index (χ2n) is 2.92. The van der Waals surface area contributed by atoms with Gasteiger partial charge < -0.3 is 5.73 Å². The van der Waals surface area contributed by atoms with Crippen molar-refractivity contribution in [2.75, 3.05) is 11.5 Å². The number of nitrogen functional groups attached to an aromatic ring is 1. The van der Waals surface area contributed by atoms with E-state index in [0.29, 0.717) is 0 Å². The summed E-state index contributed by atoms with van der Waals surface area (Å²) in [5, 5.41) is 0. The van der Waals surface area contributed by atoms with Crippen LogP contribution < -0.4 is 10.5 Å². The molecule has 6 heteroatoms. The molecule has 15 heavy (non-hydrogen) atoms. The second-order valence-corrected chi connectivity index (χ2v) is 4.93. The average molecular weight is 228 g/mol. The third-order valence-corrected chi connectivity index (χ3v) is 3.09. The van der Waals surface area contributed by atoms with E-state index in [-0.39, 0.29) is 17.0 Å². The number of sulfonamides is 1. The molecule has 1 aromatic rings. The van der Waals surface area contributed by atoms with Gasteiger partial charge in [-0.15, -0.1) is 0 Å². The zero-order valence-corrected chi connectivity index (χ0v) is 9.04. The lowest BCUT2D eigenvalue weighted by atomic mass is 10.2. The molecule has 0 spiro atoms. The molecule has 0 radical (unpaired) electrons. The smallest absolute Gasteiger partial charge is 0.266 e. The molecule has 0 aliphatic rings. The molecule has 3 N–H and O–H groups in total. The molecule has 1 amide bonds. The Balaban J connectivity index is 2.93. The van der Waals surface area contributed by atoms with Crippen molar-refractivity contribution in [3.63, 3.8) is 0 Å². The van der Waals surface area contributed by atoms with E-state index in [1.807, 2.05) is 4.72 Å². The van der Waals surface area contributed by atoms with Gasteiger partial charge in [0.15, 0.2) is 0 Å². The van der Waals surface area contributed by atoms with E-state index in [4.69, 9.17) is 5.73 Å². The first-order valence-electron chi connectivity index (χ1n) is 4.35. The van der Waals surface area contributed by atoms with Gasteiger partial charge in [0.25, 0.3) is 5.91 Å². The fourth-order valence-electron chi connectivity index (χ4n) is 0.972. The summed E-state index contributed by atoms with van der Waals surface area (Å²) >= 11 is 0. The number of benzene rings is 1. The molecule has 1 rings (SSSR count). The highest BCUT2D eigenvalue weighted by molar-refractivity contribution is 7.90. The van der Waals surface area contributed by atoms with Crippen LogP contribution in [0, 0.1) is 0 Å². The predicted molar refractivity (Wildman–Crippen MR) is 57.8 cm³/mol. The summed E-state index contributed by atoms with van der Waals surface area (Å²) in [6.45, 7) is 1.45. The molecule has 5 nitrogen and oxygen atoms in total. The van der Waals surface area contributed by atoms with Crippen molar-refractivity contribution < 1.29 is 13.2 Å². The van der Waals surface area contributed by atoms with Crippen LogP contribution in [0.25, 0.3) is 0 Å². The van der Waals surface area contributed by atoms with Gasteiger partial charge in [-0.1, -0.05) is 12.1 Å². The number of rotatable bonds is 3. The van der Waals surface area contributed by atoms with Crippen LogP contribution in [0.15, 0.2) is 24.3 Å². The lowest BCUT2D eigenvalue weighted by Gasteiger charge is -2.06. The molecule has 82 valence electrons. The van der Waals surface area contributed by atoms with Crippen LogP contribution in [0.3, 0.4) is 0 Å². The number of nitrogens with one attached hydrogen (secondary N) is 1. The van der Waals surface area contributed by atoms with Gasteiger partial charge in [0, 0.05) is 5.69 Å². The summed E-state index contributed by atoms with van der Waals surface area (Å²) in [4.78, 5) is 11.5. The maximum absolute atomic E-state index is 11.5. The van der Waals surface area contributed by atoms with E-state index in [2.05, 4.69) is 0 Å². The number of amides is 1. The van der Waals surface area contributed by atoms with Crippen LogP contribution in [-0.4, -0.2) is 20.1 Å².